The molecule has 18 heavy (non-hydrogen) atoms. The third kappa shape index (κ3) is 4.74. The summed E-state index contributed by atoms with van der Waals surface area (Å²) < 4.78 is 1.16. The maximum atomic E-state index is 3.70. The van der Waals surface area contributed by atoms with Gasteiger partial charge in [0.05, 0.1) is 0 Å². The quantitative estimate of drug-likeness (QED) is 0.841. The van der Waals surface area contributed by atoms with Crippen LogP contribution in [0.15, 0.2) is 28.7 Å². The Bertz CT molecular complexity index is 341. The Kier molecular flexibility index (Phi) is 5.71. The Labute approximate surface area is 119 Å². The maximum Gasteiger partial charge on any atom is 0.0175 e. The van der Waals surface area contributed by atoms with Crippen molar-refractivity contribution in [2.75, 3.05) is 6.54 Å². The Morgan fingerprint density at radius 1 is 1.17 bits per heavy atom. The SMILES string of the molecule is CC(Cc1ccc(Br)cc1)NCC1CCCCC1. The van der Waals surface area contributed by atoms with Gasteiger partial charge < -0.3 is 5.32 Å². The molecule has 1 aliphatic rings. The van der Waals surface area contributed by atoms with Crippen molar-refractivity contribution in [1.82, 2.24) is 5.32 Å². The molecule has 1 fully saturated rings. The molecule has 100 valence electrons. The number of rotatable bonds is 5. The number of hydrogen-bond acceptors (Lipinski definition) is 1. The number of benzene rings is 1. The van der Waals surface area contributed by atoms with Crippen LogP contribution >= 0.6 is 15.9 Å². The smallest absolute Gasteiger partial charge is 0.0175 e. The van der Waals surface area contributed by atoms with E-state index in [9.17, 15) is 0 Å². The van der Waals surface area contributed by atoms with E-state index in [-0.39, 0.29) is 0 Å². The van der Waals surface area contributed by atoms with Crippen LogP contribution < -0.4 is 5.32 Å². The molecule has 0 radical (unpaired) electrons. The van der Waals surface area contributed by atoms with Crippen LogP contribution in [-0.4, -0.2) is 12.6 Å². The lowest BCUT2D eigenvalue weighted by molar-refractivity contribution is 0.330. The van der Waals surface area contributed by atoms with E-state index in [1.807, 2.05) is 0 Å². The summed E-state index contributed by atoms with van der Waals surface area (Å²) in [5, 5.41) is 3.70. The van der Waals surface area contributed by atoms with Gasteiger partial charge >= 0.3 is 0 Å². The van der Waals surface area contributed by atoms with Crippen molar-refractivity contribution in [2.24, 2.45) is 5.92 Å². The van der Waals surface area contributed by atoms with Crippen molar-refractivity contribution in [3.05, 3.63) is 34.3 Å². The summed E-state index contributed by atoms with van der Waals surface area (Å²) in [6.07, 6.45) is 8.31. The molecule has 0 heterocycles. The molecule has 1 nitrogen and oxygen atoms in total. The van der Waals surface area contributed by atoms with Gasteiger partial charge in [-0.15, -0.1) is 0 Å². The average molecular weight is 310 g/mol. The van der Waals surface area contributed by atoms with Crippen molar-refractivity contribution in [3.8, 4) is 0 Å². The molecule has 2 rings (SSSR count). The normalized spacial score (nSPS) is 18.8. The zero-order valence-electron chi connectivity index (χ0n) is 11.3. The Morgan fingerprint density at radius 3 is 2.50 bits per heavy atom. The zero-order valence-corrected chi connectivity index (χ0v) is 12.9. The molecule has 1 unspecified atom stereocenters. The van der Waals surface area contributed by atoms with Crippen LogP contribution in [0.5, 0.6) is 0 Å². The molecule has 1 aliphatic carbocycles. The van der Waals surface area contributed by atoms with Crippen LogP contribution in [0.25, 0.3) is 0 Å². The first kappa shape index (κ1) is 14.1. The third-order valence-electron chi connectivity index (χ3n) is 3.93. The lowest BCUT2D eigenvalue weighted by Crippen LogP contribution is -2.33. The van der Waals surface area contributed by atoms with Crippen LogP contribution in [0.3, 0.4) is 0 Å². The minimum Gasteiger partial charge on any atom is -0.314 e. The third-order valence-corrected chi connectivity index (χ3v) is 4.46. The molecular formula is C16H24BrN. The first-order chi connectivity index (χ1) is 8.74. The molecule has 1 aromatic carbocycles. The molecule has 0 aromatic heterocycles. The maximum absolute atomic E-state index is 3.70. The Balaban J connectivity index is 1.71. The number of halogens is 1. The highest BCUT2D eigenvalue weighted by Gasteiger charge is 2.14. The first-order valence-electron chi connectivity index (χ1n) is 7.22. The average Bonchev–Trinajstić information content (AvgIpc) is 2.40. The summed E-state index contributed by atoms with van der Waals surface area (Å²) in [6, 6.07) is 9.26. The van der Waals surface area contributed by atoms with E-state index < -0.39 is 0 Å². The summed E-state index contributed by atoms with van der Waals surface area (Å²) in [6.45, 7) is 3.50. The van der Waals surface area contributed by atoms with E-state index in [1.54, 1.807) is 0 Å². The van der Waals surface area contributed by atoms with Crippen molar-refractivity contribution in [1.29, 1.82) is 0 Å². The topological polar surface area (TPSA) is 12.0 Å². The van der Waals surface area contributed by atoms with Crippen LogP contribution in [-0.2, 0) is 6.42 Å². The molecule has 0 aliphatic heterocycles. The highest BCUT2D eigenvalue weighted by atomic mass is 79.9. The molecule has 1 saturated carbocycles. The van der Waals surface area contributed by atoms with E-state index in [1.165, 1.54) is 44.2 Å². The lowest BCUT2D eigenvalue weighted by atomic mass is 9.89. The van der Waals surface area contributed by atoms with Gasteiger partial charge in [0.25, 0.3) is 0 Å². The van der Waals surface area contributed by atoms with Crippen LogP contribution in [0, 0.1) is 5.92 Å². The van der Waals surface area contributed by atoms with Crippen molar-refractivity contribution < 1.29 is 0 Å². The lowest BCUT2D eigenvalue weighted by Gasteiger charge is -2.24. The fraction of sp³-hybridized carbons (Fsp3) is 0.625. The van der Waals surface area contributed by atoms with Gasteiger partial charge in [0.2, 0.25) is 0 Å². The second kappa shape index (κ2) is 7.30. The van der Waals surface area contributed by atoms with E-state index in [2.05, 4.69) is 52.4 Å². The molecule has 1 N–H and O–H groups in total. The van der Waals surface area contributed by atoms with Gasteiger partial charge in [-0.1, -0.05) is 47.3 Å². The number of nitrogens with one attached hydrogen (secondary N) is 1. The molecule has 0 bridgehead atoms. The van der Waals surface area contributed by atoms with Gasteiger partial charge in [0.15, 0.2) is 0 Å². The van der Waals surface area contributed by atoms with Gasteiger partial charge in [0.1, 0.15) is 0 Å². The zero-order chi connectivity index (χ0) is 12.8. The monoisotopic (exact) mass is 309 g/mol. The molecule has 2 heteroatoms. The fourth-order valence-electron chi connectivity index (χ4n) is 2.81. The van der Waals surface area contributed by atoms with Gasteiger partial charge in [-0.05, 0) is 56.3 Å². The summed E-state index contributed by atoms with van der Waals surface area (Å²) in [5.41, 5.74) is 1.42. The predicted octanol–water partition coefficient (Wildman–Crippen LogP) is 4.55. The van der Waals surface area contributed by atoms with E-state index >= 15 is 0 Å². The summed E-state index contributed by atoms with van der Waals surface area (Å²) in [7, 11) is 0. The minimum atomic E-state index is 0.577. The second-order valence-electron chi connectivity index (χ2n) is 5.64. The summed E-state index contributed by atoms with van der Waals surface area (Å²) in [4.78, 5) is 0. The van der Waals surface area contributed by atoms with Crippen LogP contribution in [0.1, 0.15) is 44.6 Å². The van der Waals surface area contributed by atoms with Gasteiger partial charge in [0, 0.05) is 10.5 Å². The molecule has 1 atom stereocenters. The highest BCUT2D eigenvalue weighted by Crippen LogP contribution is 2.23. The summed E-state index contributed by atoms with van der Waals surface area (Å²) in [5.74, 6) is 0.922. The molecule has 1 aromatic rings. The fourth-order valence-corrected chi connectivity index (χ4v) is 3.07. The largest absolute Gasteiger partial charge is 0.314 e. The van der Waals surface area contributed by atoms with Crippen molar-refractivity contribution >= 4 is 15.9 Å². The minimum absolute atomic E-state index is 0.577. The van der Waals surface area contributed by atoms with E-state index in [4.69, 9.17) is 0 Å². The predicted molar refractivity (Wildman–Crippen MR) is 81.9 cm³/mol. The van der Waals surface area contributed by atoms with E-state index in [0.717, 1.165) is 16.8 Å². The van der Waals surface area contributed by atoms with Gasteiger partial charge in [-0.3, -0.25) is 0 Å². The second-order valence-corrected chi connectivity index (χ2v) is 6.56. The Hall–Kier alpha value is -0.340. The molecule has 0 saturated heterocycles. The molecular weight excluding hydrogens is 286 g/mol. The first-order valence-corrected chi connectivity index (χ1v) is 8.01. The number of hydrogen-bond donors (Lipinski definition) is 1. The molecule has 0 spiro atoms. The summed E-state index contributed by atoms with van der Waals surface area (Å²) >= 11 is 3.48. The van der Waals surface area contributed by atoms with Crippen LogP contribution in [0.4, 0.5) is 0 Å². The standard InChI is InChI=1S/C16H24BrN/c1-13(11-14-7-9-16(17)10-8-14)18-12-15-5-3-2-4-6-15/h7-10,13,15,18H,2-6,11-12H2,1H3. The van der Waals surface area contributed by atoms with E-state index in [0.29, 0.717) is 6.04 Å². The highest BCUT2D eigenvalue weighted by molar-refractivity contribution is 9.10. The van der Waals surface area contributed by atoms with Crippen molar-refractivity contribution in [2.45, 2.75) is 51.5 Å². The van der Waals surface area contributed by atoms with Gasteiger partial charge in [-0.2, -0.15) is 0 Å². The Morgan fingerprint density at radius 2 is 1.83 bits per heavy atom. The van der Waals surface area contributed by atoms with Gasteiger partial charge in [-0.25, -0.2) is 0 Å². The molecule has 0 amide bonds. The van der Waals surface area contributed by atoms with Crippen molar-refractivity contribution in [3.63, 3.8) is 0 Å². The van der Waals surface area contributed by atoms with Crippen LogP contribution in [0.2, 0.25) is 0 Å².